The van der Waals surface area contributed by atoms with Crippen molar-refractivity contribution >= 4 is 11.8 Å². The fourth-order valence-electron chi connectivity index (χ4n) is 3.11. The van der Waals surface area contributed by atoms with Crippen LogP contribution in [0.3, 0.4) is 0 Å². The van der Waals surface area contributed by atoms with Crippen LogP contribution in [0.25, 0.3) is 0 Å². The van der Waals surface area contributed by atoms with Crippen molar-refractivity contribution in [1.82, 2.24) is 10.2 Å². The van der Waals surface area contributed by atoms with E-state index in [1.54, 1.807) is 19.1 Å². The highest BCUT2D eigenvalue weighted by Gasteiger charge is 2.27. The van der Waals surface area contributed by atoms with Crippen molar-refractivity contribution in [3.05, 3.63) is 65.5 Å². The Morgan fingerprint density at radius 3 is 2.16 bits per heavy atom. The third-order valence-corrected chi connectivity index (χ3v) is 5.52. The van der Waals surface area contributed by atoms with Gasteiger partial charge in [-0.1, -0.05) is 52.0 Å². The van der Waals surface area contributed by atoms with Crippen LogP contribution in [0.15, 0.2) is 48.5 Å². The van der Waals surface area contributed by atoms with E-state index < -0.39 is 6.04 Å². The van der Waals surface area contributed by atoms with Gasteiger partial charge < -0.3 is 15.0 Å². The number of nitrogens with zero attached hydrogens (tertiary/aromatic N) is 1. The normalized spacial score (nSPS) is 13.2. The van der Waals surface area contributed by atoms with Gasteiger partial charge >= 0.3 is 0 Å². The maximum Gasteiger partial charge on any atom is 0.261 e. The van der Waals surface area contributed by atoms with Crippen molar-refractivity contribution in [3.8, 4) is 5.75 Å². The molecule has 6 heteroatoms. The first-order valence-corrected chi connectivity index (χ1v) is 11.1. The Labute approximate surface area is 191 Å². The predicted molar refractivity (Wildman–Crippen MR) is 125 cm³/mol. The molecular weight excluding hydrogens is 407 g/mol. The Bertz CT molecular complexity index is 889. The minimum atomic E-state index is -0.701. The van der Waals surface area contributed by atoms with E-state index in [1.165, 1.54) is 22.6 Å². The van der Waals surface area contributed by atoms with Crippen molar-refractivity contribution in [3.63, 3.8) is 0 Å². The summed E-state index contributed by atoms with van der Waals surface area (Å²) < 4.78 is 19.0. The number of halogens is 1. The largest absolute Gasteiger partial charge is 0.484 e. The van der Waals surface area contributed by atoms with Crippen LogP contribution in [-0.2, 0) is 21.5 Å². The van der Waals surface area contributed by atoms with Gasteiger partial charge in [0.05, 0.1) is 0 Å². The molecule has 0 saturated heterocycles. The van der Waals surface area contributed by atoms with Crippen LogP contribution in [0.5, 0.6) is 5.75 Å². The highest BCUT2D eigenvalue weighted by atomic mass is 19.1. The minimum absolute atomic E-state index is 0.00491. The van der Waals surface area contributed by atoms with E-state index in [-0.39, 0.29) is 42.2 Å². The topological polar surface area (TPSA) is 58.6 Å². The summed E-state index contributed by atoms with van der Waals surface area (Å²) in [5.41, 5.74) is 1.93. The lowest BCUT2D eigenvalue weighted by Crippen LogP contribution is -2.50. The number of carbonyl (C=O) groups is 2. The van der Waals surface area contributed by atoms with Gasteiger partial charge in [-0.2, -0.15) is 0 Å². The lowest BCUT2D eigenvalue weighted by Gasteiger charge is -2.29. The zero-order valence-corrected chi connectivity index (χ0v) is 19.9. The van der Waals surface area contributed by atoms with E-state index >= 15 is 0 Å². The summed E-state index contributed by atoms with van der Waals surface area (Å²) in [5, 5.41) is 2.92. The molecule has 174 valence electrons. The van der Waals surface area contributed by atoms with Crippen molar-refractivity contribution in [2.45, 2.75) is 72.0 Å². The van der Waals surface area contributed by atoms with E-state index in [0.29, 0.717) is 5.75 Å². The molecule has 0 spiro atoms. The van der Waals surface area contributed by atoms with Gasteiger partial charge in [0.1, 0.15) is 17.6 Å². The van der Waals surface area contributed by atoms with Crippen LogP contribution in [0.4, 0.5) is 4.39 Å². The summed E-state index contributed by atoms with van der Waals surface area (Å²) in [6, 6.07) is 12.9. The predicted octanol–water partition coefficient (Wildman–Crippen LogP) is 4.83. The summed E-state index contributed by atoms with van der Waals surface area (Å²) in [6.07, 6.45) is 0.790. The SMILES string of the molecule is CC[C@@H](C)NC(=O)[C@H](C)N(Cc1ccc(F)cc1)C(=O)COc1ccc(C(C)(C)C)cc1. The van der Waals surface area contributed by atoms with Crippen molar-refractivity contribution in [2.75, 3.05) is 6.61 Å². The van der Waals surface area contributed by atoms with Crippen molar-refractivity contribution in [1.29, 1.82) is 0 Å². The molecule has 0 heterocycles. The molecule has 2 atom stereocenters. The average Bonchev–Trinajstić information content (AvgIpc) is 2.76. The lowest BCUT2D eigenvalue weighted by atomic mass is 9.87. The molecule has 0 aliphatic rings. The molecular formula is C26H35FN2O3. The molecule has 1 N–H and O–H groups in total. The smallest absolute Gasteiger partial charge is 0.261 e. The fraction of sp³-hybridized carbons (Fsp3) is 0.462. The molecule has 0 bridgehead atoms. The molecule has 0 aliphatic carbocycles. The highest BCUT2D eigenvalue weighted by Crippen LogP contribution is 2.24. The maximum atomic E-state index is 13.3. The zero-order chi connectivity index (χ0) is 23.9. The van der Waals surface area contributed by atoms with Crippen molar-refractivity contribution in [2.24, 2.45) is 0 Å². The standard InChI is InChI=1S/C26H35FN2O3/c1-7-18(2)28-25(31)19(3)29(16-20-8-12-22(27)13-9-20)24(30)17-32-23-14-10-21(11-15-23)26(4,5)6/h8-15,18-19H,7,16-17H2,1-6H3,(H,28,31)/t18-,19+/m1/s1. The molecule has 0 aromatic heterocycles. The Kier molecular flexibility index (Phi) is 8.81. The molecule has 2 aromatic carbocycles. The molecule has 32 heavy (non-hydrogen) atoms. The average molecular weight is 443 g/mol. The van der Waals surface area contributed by atoms with Gasteiger partial charge in [-0.15, -0.1) is 0 Å². The first kappa shape index (κ1) is 25.4. The summed E-state index contributed by atoms with van der Waals surface area (Å²) in [6.45, 7) is 12.0. The van der Waals surface area contributed by atoms with E-state index in [0.717, 1.165) is 12.0 Å². The quantitative estimate of drug-likeness (QED) is 0.605. The first-order valence-electron chi connectivity index (χ1n) is 11.1. The number of nitrogens with one attached hydrogen (secondary N) is 1. The van der Waals surface area contributed by atoms with Gasteiger partial charge in [0, 0.05) is 12.6 Å². The van der Waals surface area contributed by atoms with Gasteiger partial charge in [0.15, 0.2) is 6.61 Å². The number of ether oxygens (including phenoxy) is 1. The number of amides is 2. The third-order valence-electron chi connectivity index (χ3n) is 5.52. The number of hydrogen-bond acceptors (Lipinski definition) is 3. The second-order valence-electron chi connectivity index (χ2n) is 9.21. The number of carbonyl (C=O) groups excluding carboxylic acids is 2. The van der Waals surface area contributed by atoms with E-state index in [9.17, 15) is 14.0 Å². The van der Waals surface area contributed by atoms with E-state index in [1.807, 2.05) is 38.1 Å². The van der Waals surface area contributed by atoms with Crippen LogP contribution in [-0.4, -0.2) is 35.4 Å². The summed E-state index contributed by atoms with van der Waals surface area (Å²) in [7, 11) is 0. The lowest BCUT2D eigenvalue weighted by molar-refractivity contribution is -0.142. The molecule has 2 amide bonds. The maximum absolute atomic E-state index is 13.3. The molecule has 0 unspecified atom stereocenters. The first-order chi connectivity index (χ1) is 15.0. The molecule has 2 aromatic rings. The molecule has 0 aliphatic heterocycles. The number of hydrogen-bond donors (Lipinski definition) is 1. The molecule has 5 nitrogen and oxygen atoms in total. The Balaban J connectivity index is 2.13. The number of benzene rings is 2. The van der Waals surface area contributed by atoms with Crippen LogP contribution >= 0.6 is 0 Å². The Hall–Kier alpha value is -2.89. The second-order valence-corrected chi connectivity index (χ2v) is 9.21. The summed E-state index contributed by atoms with van der Waals surface area (Å²) in [5.74, 6) is -0.314. The van der Waals surface area contributed by atoms with E-state index in [2.05, 4.69) is 26.1 Å². The van der Waals surface area contributed by atoms with Gasteiger partial charge in [-0.3, -0.25) is 9.59 Å². The number of rotatable bonds is 9. The molecule has 0 saturated carbocycles. The highest BCUT2D eigenvalue weighted by molar-refractivity contribution is 5.88. The monoisotopic (exact) mass is 442 g/mol. The van der Waals surface area contributed by atoms with Gasteiger partial charge in [0.2, 0.25) is 5.91 Å². The molecule has 0 fully saturated rings. The second kappa shape index (κ2) is 11.1. The van der Waals surface area contributed by atoms with Gasteiger partial charge in [-0.05, 0) is 61.1 Å². The Morgan fingerprint density at radius 2 is 1.62 bits per heavy atom. The zero-order valence-electron chi connectivity index (χ0n) is 19.9. The van der Waals surface area contributed by atoms with Crippen LogP contribution in [0.1, 0.15) is 59.1 Å². The summed E-state index contributed by atoms with van der Waals surface area (Å²) >= 11 is 0. The third kappa shape index (κ3) is 7.36. The fourth-order valence-corrected chi connectivity index (χ4v) is 3.11. The van der Waals surface area contributed by atoms with Gasteiger partial charge in [-0.25, -0.2) is 4.39 Å². The van der Waals surface area contributed by atoms with E-state index in [4.69, 9.17) is 4.74 Å². The summed E-state index contributed by atoms with van der Waals surface area (Å²) in [4.78, 5) is 27.2. The minimum Gasteiger partial charge on any atom is -0.484 e. The van der Waals surface area contributed by atoms with Crippen LogP contribution in [0.2, 0.25) is 0 Å². The molecule has 2 rings (SSSR count). The van der Waals surface area contributed by atoms with Crippen LogP contribution < -0.4 is 10.1 Å². The van der Waals surface area contributed by atoms with Crippen molar-refractivity contribution < 1.29 is 18.7 Å². The molecule has 0 radical (unpaired) electrons. The van der Waals surface area contributed by atoms with Gasteiger partial charge in [0.25, 0.3) is 5.91 Å². The van der Waals surface area contributed by atoms with Crippen LogP contribution in [0, 0.1) is 5.82 Å². The Morgan fingerprint density at radius 1 is 1.03 bits per heavy atom.